The molecule has 1 aliphatic rings. The second-order valence-electron chi connectivity index (χ2n) is 6.98. The fraction of sp³-hybridized carbons (Fsp3) is 0.600. The minimum absolute atomic E-state index is 0.253. The number of nitrogens with zero attached hydrogens (tertiary/aromatic N) is 1. The molecule has 1 heterocycles. The quantitative estimate of drug-likeness (QED) is 0.761. The number of carbonyl (C=O) groups excluding carboxylic acids is 2. The van der Waals surface area contributed by atoms with Crippen LogP contribution < -0.4 is 20.1 Å². The Labute approximate surface area is 161 Å². The van der Waals surface area contributed by atoms with Gasteiger partial charge in [-0.15, -0.1) is 0 Å². The van der Waals surface area contributed by atoms with Gasteiger partial charge in [0.1, 0.15) is 11.5 Å². The van der Waals surface area contributed by atoms with Crippen molar-refractivity contribution in [1.82, 2.24) is 15.5 Å². The summed E-state index contributed by atoms with van der Waals surface area (Å²) < 4.78 is 10.7. The monoisotopic (exact) mass is 377 g/mol. The van der Waals surface area contributed by atoms with Crippen molar-refractivity contribution in [2.75, 3.05) is 34.4 Å². The van der Waals surface area contributed by atoms with E-state index in [2.05, 4.69) is 27.7 Å². The van der Waals surface area contributed by atoms with Crippen LogP contribution in [0.15, 0.2) is 18.2 Å². The van der Waals surface area contributed by atoms with E-state index in [4.69, 9.17) is 9.47 Å². The Morgan fingerprint density at radius 3 is 2.26 bits per heavy atom. The number of hydrogen-bond acceptors (Lipinski definition) is 5. The van der Waals surface area contributed by atoms with Crippen molar-refractivity contribution in [2.45, 2.75) is 38.6 Å². The predicted molar refractivity (Wildman–Crippen MR) is 104 cm³/mol. The highest BCUT2D eigenvalue weighted by Gasteiger charge is 2.27. The van der Waals surface area contributed by atoms with Crippen molar-refractivity contribution in [1.29, 1.82) is 0 Å². The standard InChI is InChI=1S/C20H31N3O4/c1-14(19(24)22-20(25)21-2)23-9-7-15(8-10-23)5-6-16-11-17(26-3)13-18(12-16)27-4/h11-15H,5-10H2,1-4H3,(H2,21,22,24,25). The molecule has 0 aliphatic carbocycles. The van der Waals surface area contributed by atoms with Crippen LogP contribution in [-0.2, 0) is 11.2 Å². The van der Waals surface area contributed by atoms with Gasteiger partial charge in [0, 0.05) is 13.1 Å². The van der Waals surface area contributed by atoms with E-state index < -0.39 is 6.03 Å². The number of benzene rings is 1. The number of piperidine rings is 1. The molecule has 3 amide bonds. The van der Waals surface area contributed by atoms with Gasteiger partial charge in [0.2, 0.25) is 5.91 Å². The van der Waals surface area contributed by atoms with E-state index >= 15 is 0 Å². The highest BCUT2D eigenvalue weighted by Crippen LogP contribution is 2.27. The summed E-state index contributed by atoms with van der Waals surface area (Å²) in [6, 6.07) is 5.24. The summed E-state index contributed by atoms with van der Waals surface area (Å²) in [6.45, 7) is 3.59. The summed E-state index contributed by atoms with van der Waals surface area (Å²) in [4.78, 5) is 25.5. The van der Waals surface area contributed by atoms with Crippen LogP contribution in [0.25, 0.3) is 0 Å². The zero-order valence-corrected chi connectivity index (χ0v) is 16.7. The van der Waals surface area contributed by atoms with Gasteiger partial charge in [0.25, 0.3) is 0 Å². The van der Waals surface area contributed by atoms with E-state index in [9.17, 15) is 9.59 Å². The van der Waals surface area contributed by atoms with E-state index in [1.807, 2.05) is 13.0 Å². The molecular weight excluding hydrogens is 346 g/mol. The highest BCUT2D eigenvalue weighted by molar-refractivity contribution is 5.96. The summed E-state index contributed by atoms with van der Waals surface area (Å²) in [5, 5.41) is 4.75. The zero-order chi connectivity index (χ0) is 19.8. The van der Waals surface area contributed by atoms with Gasteiger partial charge in [-0.25, -0.2) is 4.79 Å². The van der Waals surface area contributed by atoms with Crippen LogP contribution in [0.3, 0.4) is 0 Å². The number of imide groups is 1. The fourth-order valence-electron chi connectivity index (χ4n) is 3.46. The van der Waals surface area contributed by atoms with E-state index in [0.29, 0.717) is 5.92 Å². The molecule has 7 heteroatoms. The molecule has 0 bridgehead atoms. The maximum absolute atomic E-state index is 12.1. The SMILES string of the molecule is CNC(=O)NC(=O)C(C)N1CCC(CCc2cc(OC)cc(OC)c2)CC1. The summed E-state index contributed by atoms with van der Waals surface area (Å²) in [5.74, 6) is 2.01. The van der Waals surface area contributed by atoms with Crippen molar-refractivity contribution < 1.29 is 19.1 Å². The fourth-order valence-corrected chi connectivity index (χ4v) is 3.46. The molecule has 1 aromatic rings. The van der Waals surface area contributed by atoms with E-state index in [0.717, 1.165) is 50.3 Å². The molecule has 2 rings (SSSR count). The van der Waals surface area contributed by atoms with Gasteiger partial charge in [-0.2, -0.15) is 0 Å². The van der Waals surface area contributed by atoms with Gasteiger partial charge >= 0.3 is 6.03 Å². The van der Waals surface area contributed by atoms with Gasteiger partial charge < -0.3 is 14.8 Å². The minimum atomic E-state index is -0.463. The number of nitrogens with one attached hydrogen (secondary N) is 2. The summed E-state index contributed by atoms with van der Waals surface area (Å²) >= 11 is 0. The molecule has 0 radical (unpaired) electrons. The zero-order valence-electron chi connectivity index (χ0n) is 16.7. The van der Waals surface area contributed by atoms with Gasteiger partial charge in [-0.3, -0.25) is 15.0 Å². The smallest absolute Gasteiger partial charge is 0.321 e. The minimum Gasteiger partial charge on any atom is -0.497 e. The third-order valence-corrected chi connectivity index (χ3v) is 5.29. The van der Waals surface area contributed by atoms with Crippen LogP contribution in [0.4, 0.5) is 4.79 Å². The molecule has 1 atom stereocenters. The van der Waals surface area contributed by atoms with Crippen LogP contribution in [0.5, 0.6) is 11.5 Å². The topological polar surface area (TPSA) is 79.9 Å². The number of amides is 3. The summed E-state index contributed by atoms with van der Waals surface area (Å²) in [6.07, 6.45) is 4.19. The first-order valence-electron chi connectivity index (χ1n) is 9.45. The van der Waals surface area contributed by atoms with Gasteiger partial charge in [-0.05, 0) is 69.3 Å². The largest absolute Gasteiger partial charge is 0.497 e. The number of ether oxygens (including phenoxy) is 2. The number of aryl methyl sites for hydroxylation is 1. The average Bonchev–Trinajstić information content (AvgIpc) is 2.71. The first-order chi connectivity index (χ1) is 13.0. The molecule has 0 aromatic heterocycles. The molecule has 0 saturated carbocycles. The lowest BCUT2D eigenvalue weighted by molar-refractivity contribution is -0.125. The number of carbonyl (C=O) groups is 2. The Kier molecular flexibility index (Phi) is 7.91. The van der Waals surface area contributed by atoms with Crippen molar-refractivity contribution in [2.24, 2.45) is 5.92 Å². The molecule has 1 fully saturated rings. The maximum atomic E-state index is 12.1. The number of hydrogen-bond donors (Lipinski definition) is 2. The van der Waals surface area contributed by atoms with Gasteiger partial charge in [-0.1, -0.05) is 0 Å². The van der Waals surface area contributed by atoms with E-state index in [1.165, 1.54) is 12.6 Å². The molecular formula is C20H31N3O4. The van der Waals surface area contributed by atoms with E-state index in [-0.39, 0.29) is 11.9 Å². The Morgan fingerprint density at radius 1 is 1.15 bits per heavy atom. The molecule has 27 heavy (non-hydrogen) atoms. The lowest BCUT2D eigenvalue weighted by Crippen LogP contribution is -2.51. The molecule has 0 spiro atoms. The average molecular weight is 377 g/mol. The summed E-state index contributed by atoms with van der Waals surface area (Å²) in [7, 11) is 4.82. The van der Waals surface area contributed by atoms with Crippen LogP contribution in [0, 0.1) is 5.92 Å². The molecule has 2 N–H and O–H groups in total. The Morgan fingerprint density at radius 2 is 1.74 bits per heavy atom. The molecule has 7 nitrogen and oxygen atoms in total. The first-order valence-corrected chi connectivity index (χ1v) is 9.45. The highest BCUT2D eigenvalue weighted by atomic mass is 16.5. The van der Waals surface area contributed by atoms with Crippen LogP contribution >= 0.6 is 0 Å². The van der Waals surface area contributed by atoms with Crippen LogP contribution in [0.1, 0.15) is 31.7 Å². The van der Waals surface area contributed by atoms with E-state index in [1.54, 1.807) is 14.2 Å². The van der Waals surface area contributed by atoms with Crippen molar-refractivity contribution in [3.63, 3.8) is 0 Å². The lowest BCUT2D eigenvalue weighted by Gasteiger charge is -2.35. The Bertz CT molecular complexity index is 620. The first kappa shape index (κ1) is 21.0. The Balaban J connectivity index is 1.81. The number of likely N-dealkylation sites (tertiary alicyclic amines) is 1. The molecule has 150 valence electrons. The molecule has 1 aromatic carbocycles. The second-order valence-corrected chi connectivity index (χ2v) is 6.98. The number of urea groups is 1. The summed E-state index contributed by atoms with van der Waals surface area (Å²) in [5.41, 5.74) is 1.21. The van der Waals surface area contributed by atoms with Crippen molar-refractivity contribution in [3.8, 4) is 11.5 Å². The number of methoxy groups -OCH3 is 2. The van der Waals surface area contributed by atoms with Crippen molar-refractivity contribution in [3.05, 3.63) is 23.8 Å². The lowest BCUT2D eigenvalue weighted by atomic mass is 9.90. The Hall–Kier alpha value is -2.28. The van der Waals surface area contributed by atoms with Gasteiger partial charge in [0.05, 0.1) is 20.3 Å². The van der Waals surface area contributed by atoms with Crippen LogP contribution in [-0.4, -0.2) is 57.2 Å². The normalized spacial score (nSPS) is 16.4. The van der Waals surface area contributed by atoms with Crippen molar-refractivity contribution >= 4 is 11.9 Å². The van der Waals surface area contributed by atoms with Crippen LogP contribution in [0.2, 0.25) is 0 Å². The number of rotatable bonds is 7. The second kappa shape index (κ2) is 10.2. The third kappa shape index (κ3) is 6.13. The molecule has 1 saturated heterocycles. The predicted octanol–water partition coefficient (Wildman–Crippen LogP) is 2.19. The maximum Gasteiger partial charge on any atom is 0.321 e. The van der Waals surface area contributed by atoms with Gasteiger partial charge in [0.15, 0.2) is 0 Å². The third-order valence-electron chi connectivity index (χ3n) is 5.29. The molecule has 1 aliphatic heterocycles. The molecule has 1 unspecified atom stereocenters.